The van der Waals surface area contributed by atoms with Crippen LogP contribution in [0.4, 0.5) is 0 Å². The van der Waals surface area contributed by atoms with Crippen molar-refractivity contribution in [3.05, 3.63) is 64.3 Å². The van der Waals surface area contributed by atoms with Gasteiger partial charge in [0.25, 0.3) is 0 Å². The third-order valence-electron chi connectivity index (χ3n) is 4.00. The molecular formula is C17H15BrN4O. The molecule has 0 aliphatic carbocycles. The van der Waals surface area contributed by atoms with Crippen molar-refractivity contribution in [1.29, 1.82) is 0 Å². The number of aromatic nitrogens is 3. The molecule has 0 saturated carbocycles. The Balaban J connectivity index is 1.53. The molecule has 3 aromatic rings. The molecule has 5 nitrogen and oxygen atoms in total. The molecule has 4 rings (SSSR count). The van der Waals surface area contributed by atoms with Gasteiger partial charge in [0.15, 0.2) is 11.6 Å². The van der Waals surface area contributed by atoms with Crippen molar-refractivity contribution >= 4 is 15.9 Å². The van der Waals surface area contributed by atoms with E-state index in [9.17, 15) is 0 Å². The van der Waals surface area contributed by atoms with Crippen LogP contribution in [0.15, 0.2) is 51.9 Å². The van der Waals surface area contributed by atoms with E-state index in [2.05, 4.69) is 41.8 Å². The molecule has 1 aliphatic heterocycles. The van der Waals surface area contributed by atoms with Crippen LogP contribution in [-0.4, -0.2) is 26.4 Å². The monoisotopic (exact) mass is 370 g/mol. The molecule has 23 heavy (non-hydrogen) atoms. The maximum atomic E-state index is 5.38. The summed E-state index contributed by atoms with van der Waals surface area (Å²) in [6.07, 6.45) is 8.16. The normalized spacial score (nSPS) is 14.7. The predicted octanol–water partition coefficient (Wildman–Crippen LogP) is 3.45. The van der Waals surface area contributed by atoms with E-state index in [-0.39, 0.29) is 0 Å². The van der Waals surface area contributed by atoms with Crippen molar-refractivity contribution in [2.45, 2.75) is 19.5 Å². The van der Waals surface area contributed by atoms with Gasteiger partial charge in [0.2, 0.25) is 0 Å². The molecule has 3 aromatic heterocycles. The highest BCUT2D eigenvalue weighted by Crippen LogP contribution is 2.24. The first kappa shape index (κ1) is 14.5. The van der Waals surface area contributed by atoms with Gasteiger partial charge >= 0.3 is 0 Å². The molecule has 116 valence electrons. The Morgan fingerprint density at radius 2 is 2.22 bits per heavy atom. The lowest BCUT2D eigenvalue weighted by atomic mass is 10.1. The Bertz CT molecular complexity index is 819. The van der Waals surface area contributed by atoms with Crippen LogP contribution < -0.4 is 0 Å². The second-order valence-corrected chi connectivity index (χ2v) is 6.42. The first-order valence-corrected chi connectivity index (χ1v) is 8.28. The SMILES string of the molecule is Brc1cnccc1CN1CCc2nc(-c3ccco3)ncc2C1. The van der Waals surface area contributed by atoms with Crippen LogP contribution in [0, 0.1) is 0 Å². The number of furan rings is 1. The van der Waals surface area contributed by atoms with E-state index >= 15 is 0 Å². The van der Waals surface area contributed by atoms with Gasteiger partial charge in [0.05, 0.1) is 12.0 Å². The quantitative estimate of drug-likeness (QED) is 0.706. The number of nitrogens with zero attached hydrogens (tertiary/aromatic N) is 4. The average Bonchev–Trinajstić information content (AvgIpc) is 3.11. The number of halogens is 1. The molecule has 0 atom stereocenters. The van der Waals surface area contributed by atoms with Crippen LogP contribution in [0.1, 0.15) is 16.8 Å². The Morgan fingerprint density at radius 3 is 3.04 bits per heavy atom. The van der Waals surface area contributed by atoms with Crippen molar-refractivity contribution in [3.8, 4) is 11.6 Å². The topological polar surface area (TPSA) is 55.1 Å². The summed E-state index contributed by atoms with van der Waals surface area (Å²) in [5, 5.41) is 0. The molecule has 0 unspecified atom stereocenters. The minimum absolute atomic E-state index is 0.666. The molecule has 4 heterocycles. The lowest BCUT2D eigenvalue weighted by molar-refractivity contribution is 0.242. The fourth-order valence-electron chi connectivity index (χ4n) is 2.81. The Morgan fingerprint density at radius 1 is 1.26 bits per heavy atom. The molecule has 0 radical (unpaired) electrons. The number of rotatable bonds is 3. The summed E-state index contributed by atoms with van der Waals surface area (Å²) >= 11 is 3.56. The summed E-state index contributed by atoms with van der Waals surface area (Å²) in [7, 11) is 0. The molecule has 0 spiro atoms. The molecule has 0 fully saturated rings. The summed E-state index contributed by atoms with van der Waals surface area (Å²) in [5.41, 5.74) is 3.56. The maximum Gasteiger partial charge on any atom is 0.195 e. The summed E-state index contributed by atoms with van der Waals surface area (Å²) < 4.78 is 6.43. The van der Waals surface area contributed by atoms with Crippen molar-refractivity contribution in [2.24, 2.45) is 0 Å². The first-order chi connectivity index (χ1) is 11.3. The van der Waals surface area contributed by atoms with Crippen LogP contribution >= 0.6 is 15.9 Å². The second-order valence-electron chi connectivity index (χ2n) is 5.57. The zero-order chi connectivity index (χ0) is 15.6. The van der Waals surface area contributed by atoms with Gasteiger partial charge in [0, 0.05) is 54.7 Å². The second kappa shape index (κ2) is 6.22. The molecule has 0 N–H and O–H groups in total. The van der Waals surface area contributed by atoms with Gasteiger partial charge in [0.1, 0.15) is 0 Å². The first-order valence-electron chi connectivity index (χ1n) is 7.49. The number of pyridine rings is 1. The van der Waals surface area contributed by atoms with Crippen LogP contribution in [0.5, 0.6) is 0 Å². The highest BCUT2D eigenvalue weighted by molar-refractivity contribution is 9.10. The van der Waals surface area contributed by atoms with Gasteiger partial charge in [-0.1, -0.05) is 0 Å². The van der Waals surface area contributed by atoms with Gasteiger partial charge in [-0.2, -0.15) is 0 Å². The van der Waals surface area contributed by atoms with Gasteiger partial charge in [-0.3, -0.25) is 9.88 Å². The Hall–Kier alpha value is -2.05. The van der Waals surface area contributed by atoms with Crippen LogP contribution in [0.2, 0.25) is 0 Å². The molecule has 0 aromatic carbocycles. The van der Waals surface area contributed by atoms with E-state index in [1.165, 1.54) is 11.1 Å². The van der Waals surface area contributed by atoms with Crippen molar-refractivity contribution in [1.82, 2.24) is 19.9 Å². The van der Waals surface area contributed by atoms with Crippen molar-refractivity contribution in [2.75, 3.05) is 6.54 Å². The number of hydrogen-bond donors (Lipinski definition) is 0. The molecule has 1 aliphatic rings. The lowest BCUT2D eigenvalue weighted by Gasteiger charge is -2.28. The summed E-state index contributed by atoms with van der Waals surface area (Å²) in [6, 6.07) is 5.79. The van der Waals surface area contributed by atoms with E-state index in [0.717, 1.165) is 42.0 Å². The van der Waals surface area contributed by atoms with Gasteiger partial charge in [-0.05, 0) is 39.7 Å². The highest BCUT2D eigenvalue weighted by atomic mass is 79.9. The van der Waals surface area contributed by atoms with E-state index in [1.807, 2.05) is 30.7 Å². The van der Waals surface area contributed by atoms with E-state index < -0.39 is 0 Å². The summed E-state index contributed by atoms with van der Waals surface area (Å²) in [4.78, 5) is 15.6. The lowest BCUT2D eigenvalue weighted by Crippen LogP contribution is -2.31. The van der Waals surface area contributed by atoms with E-state index in [0.29, 0.717) is 5.82 Å². The predicted molar refractivity (Wildman–Crippen MR) is 89.5 cm³/mol. The van der Waals surface area contributed by atoms with Crippen LogP contribution in [0.3, 0.4) is 0 Å². The fraction of sp³-hybridized carbons (Fsp3) is 0.235. The number of hydrogen-bond acceptors (Lipinski definition) is 5. The third kappa shape index (κ3) is 3.04. The highest BCUT2D eigenvalue weighted by Gasteiger charge is 2.20. The van der Waals surface area contributed by atoms with E-state index in [1.54, 1.807) is 6.26 Å². The van der Waals surface area contributed by atoms with Gasteiger partial charge in [-0.15, -0.1) is 0 Å². The smallest absolute Gasteiger partial charge is 0.195 e. The molecule has 0 bridgehead atoms. The minimum Gasteiger partial charge on any atom is -0.461 e. The third-order valence-corrected chi connectivity index (χ3v) is 4.72. The zero-order valence-corrected chi connectivity index (χ0v) is 14.0. The van der Waals surface area contributed by atoms with Crippen LogP contribution in [0.25, 0.3) is 11.6 Å². The van der Waals surface area contributed by atoms with Gasteiger partial charge in [-0.25, -0.2) is 9.97 Å². The summed E-state index contributed by atoms with van der Waals surface area (Å²) in [5.74, 6) is 1.38. The average molecular weight is 371 g/mol. The molecule has 6 heteroatoms. The van der Waals surface area contributed by atoms with Crippen LogP contribution in [-0.2, 0) is 19.5 Å². The minimum atomic E-state index is 0.666. The number of fused-ring (bicyclic) bond motifs is 1. The molecule has 0 saturated heterocycles. The Kier molecular flexibility index (Phi) is 3.93. The maximum absolute atomic E-state index is 5.38. The van der Waals surface area contributed by atoms with Crippen molar-refractivity contribution in [3.63, 3.8) is 0 Å². The summed E-state index contributed by atoms with van der Waals surface area (Å²) in [6.45, 7) is 2.74. The largest absolute Gasteiger partial charge is 0.461 e. The Labute approximate surface area is 142 Å². The van der Waals surface area contributed by atoms with Gasteiger partial charge < -0.3 is 4.42 Å². The molecular weight excluding hydrogens is 356 g/mol. The standard InChI is InChI=1S/C17H15BrN4O/c18-14-9-19-5-3-12(14)10-22-6-4-15-13(11-22)8-20-17(21-15)16-2-1-7-23-16/h1-3,5,7-9H,4,6,10-11H2. The molecule has 0 amide bonds. The van der Waals surface area contributed by atoms with Crippen molar-refractivity contribution < 1.29 is 4.42 Å². The van der Waals surface area contributed by atoms with E-state index in [4.69, 9.17) is 4.42 Å². The zero-order valence-electron chi connectivity index (χ0n) is 12.4. The fourth-order valence-corrected chi connectivity index (χ4v) is 3.18.